The molecular weight excluding hydrogens is 104 g/mol. The summed E-state index contributed by atoms with van der Waals surface area (Å²) in [5.74, 6) is 0. The summed E-state index contributed by atoms with van der Waals surface area (Å²) in [7, 11) is 0. The van der Waals surface area contributed by atoms with E-state index in [1.54, 1.807) is 0 Å². The van der Waals surface area contributed by atoms with Crippen LogP contribution < -0.4 is 0 Å². The second kappa shape index (κ2) is 70.9. The topological polar surface area (TPSA) is 120 Å². The minimum absolute atomic E-state index is 0. The van der Waals surface area contributed by atoms with Gasteiger partial charge in [-0.2, -0.15) is 0 Å². The van der Waals surface area contributed by atoms with Gasteiger partial charge < -0.3 is 21.9 Å². The largest absolute Gasteiger partial charge is 2.00 e. The van der Waals surface area contributed by atoms with E-state index in [-0.39, 0.29) is 59.6 Å². The van der Waals surface area contributed by atoms with Crippen molar-refractivity contribution in [2.24, 2.45) is 0 Å². The summed E-state index contributed by atoms with van der Waals surface area (Å²) >= 11 is 0. The quantitative estimate of drug-likeness (QED) is 0.366. The van der Waals surface area contributed by atoms with Crippen molar-refractivity contribution in [1.82, 2.24) is 0 Å². The molecule has 0 amide bonds. The van der Waals surface area contributed by atoms with Crippen LogP contribution in [0.25, 0.3) is 0 Å². The molecule has 5 heavy (non-hydrogen) atoms. The van der Waals surface area contributed by atoms with Crippen molar-refractivity contribution in [2.45, 2.75) is 0 Å². The Morgan fingerprint density at radius 1 is 0.400 bits per heavy atom. The number of rotatable bonds is 0. The van der Waals surface area contributed by atoms with Crippen LogP contribution in [0.15, 0.2) is 0 Å². The number of hydrogen-bond acceptors (Lipinski definition) is 4. The molecular formula is H4CaO4-2. The van der Waals surface area contributed by atoms with Gasteiger partial charge in [0.15, 0.2) is 0 Å². The van der Waals surface area contributed by atoms with E-state index in [1.165, 1.54) is 0 Å². The van der Waals surface area contributed by atoms with Gasteiger partial charge in [0.05, 0.1) is 0 Å². The molecule has 0 aliphatic carbocycles. The van der Waals surface area contributed by atoms with Gasteiger partial charge in [0, 0.05) is 0 Å². The molecule has 0 saturated heterocycles. The second-order valence-corrected chi connectivity index (χ2v) is 0. The third-order valence-corrected chi connectivity index (χ3v) is 0. The summed E-state index contributed by atoms with van der Waals surface area (Å²) in [5, 5.41) is 0. The summed E-state index contributed by atoms with van der Waals surface area (Å²) in [6.07, 6.45) is 0. The van der Waals surface area contributed by atoms with Crippen molar-refractivity contribution in [2.75, 3.05) is 0 Å². The standard InChI is InChI=1S/Ca.4H2O/h;4*1H2/q+2;;;;/p-4. The maximum Gasteiger partial charge on any atom is 2.00 e. The zero-order chi connectivity index (χ0) is 0. The van der Waals surface area contributed by atoms with E-state index in [0.29, 0.717) is 0 Å². The smallest absolute Gasteiger partial charge is 0.870 e. The molecule has 0 spiro atoms. The van der Waals surface area contributed by atoms with Crippen LogP contribution in [0.4, 0.5) is 0 Å². The molecule has 0 aromatic rings. The molecule has 4 N–H and O–H groups in total. The van der Waals surface area contributed by atoms with Crippen molar-refractivity contribution in [1.29, 1.82) is 0 Å². The van der Waals surface area contributed by atoms with E-state index in [4.69, 9.17) is 0 Å². The van der Waals surface area contributed by atoms with E-state index >= 15 is 0 Å². The van der Waals surface area contributed by atoms with E-state index in [0.717, 1.165) is 0 Å². The van der Waals surface area contributed by atoms with Gasteiger partial charge in [0.25, 0.3) is 0 Å². The van der Waals surface area contributed by atoms with Gasteiger partial charge in [-0.15, -0.1) is 0 Å². The summed E-state index contributed by atoms with van der Waals surface area (Å²) in [6, 6.07) is 0. The van der Waals surface area contributed by atoms with Gasteiger partial charge in [-0.3, -0.25) is 0 Å². The van der Waals surface area contributed by atoms with Gasteiger partial charge in [-0.1, -0.05) is 0 Å². The maximum absolute atomic E-state index is 0. The molecule has 4 nitrogen and oxygen atoms in total. The minimum Gasteiger partial charge on any atom is -0.870 e. The molecule has 0 aliphatic rings. The van der Waals surface area contributed by atoms with Crippen LogP contribution in [0.3, 0.4) is 0 Å². The molecule has 0 saturated carbocycles. The SMILES string of the molecule is [Ca+2].[OH-].[OH-].[OH-].[OH-]. The Morgan fingerprint density at radius 2 is 0.400 bits per heavy atom. The Morgan fingerprint density at radius 3 is 0.400 bits per heavy atom. The van der Waals surface area contributed by atoms with Gasteiger partial charge in [0.1, 0.15) is 0 Å². The Labute approximate surface area is 59.4 Å². The number of hydrogen-bond donors (Lipinski definition) is 0. The predicted octanol–water partition coefficient (Wildman–Crippen LogP) is -1.09. The zero-order valence-electron chi connectivity index (χ0n) is 2.50. The maximum atomic E-state index is 0. The van der Waals surface area contributed by atoms with Crippen molar-refractivity contribution < 1.29 is 21.9 Å². The monoisotopic (exact) mass is 108 g/mol. The van der Waals surface area contributed by atoms with Gasteiger partial charge in [-0.05, 0) is 0 Å². The fraction of sp³-hybridized carbons (Fsp3) is 0. The summed E-state index contributed by atoms with van der Waals surface area (Å²) in [4.78, 5) is 0. The van der Waals surface area contributed by atoms with Crippen molar-refractivity contribution in [3.05, 3.63) is 0 Å². The molecule has 0 rings (SSSR count). The molecule has 0 aromatic carbocycles. The van der Waals surface area contributed by atoms with Crippen LogP contribution in [-0.4, -0.2) is 59.6 Å². The van der Waals surface area contributed by atoms with Crippen LogP contribution in [0.1, 0.15) is 0 Å². The third-order valence-electron chi connectivity index (χ3n) is 0. The second-order valence-electron chi connectivity index (χ2n) is 0. The molecule has 0 radical (unpaired) electrons. The first-order valence-electron chi connectivity index (χ1n) is 0. The third kappa shape index (κ3) is 40.5. The Hall–Kier alpha value is 1.10. The fourth-order valence-electron chi connectivity index (χ4n) is 0. The van der Waals surface area contributed by atoms with Crippen LogP contribution in [0, 0.1) is 0 Å². The van der Waals surface area contributed by atoms with Gasteiger partial charge >= 0.3 is 37.7 Å². The molecule has 32 valence electrons. The van der Waals surface area contributed by atoms with Gasteiger partial charge in [0.2, 0.25) is 0 Å². The Bertz CT molecular complexity index is 3.61. The molecule has 0 atom stereocenters. The normalized spacial score (nSPS) is 0. The first-order valence-corrected chi connectivity index (χ1v) is 0. The summed E-state index contributed by atoms with van der Waals surface area (Å²) < 4.78 is 0. The van der Waals surface area contributed by atoms with Gasteiger partial charge in [-0.25, -0.2) is 0 Å². The molecule has 0 bridgehead atoms. The first kappa shape index (κ1) is 131. The van der Waals surface area contributed by atoms with Crippen LogP contribution in [0.2, 0.25) is 0 Å². The van der Waals surface area contributed by atoms with Crippen molar-refractivity contribution in [3.63, 3.8) is 0 Å². The summed E-state index contributed by atoms with van der Waals surface area (Å²) in [6.45, 7) is 0. The van der Waals surface area contributed by atoms with E-state index in [1.807, 2.05) is 0 Å². The van der Waals surface area contributed by atoms with Crippen molar-refractivity contribution >= 4 is 37.7 Å². The zero-order valence-corrected chi connectivity index (χ0v) is 4.70. The van der Waals surface area contributed by atoms with E-state index in [9.17, 15) is 0 Å². The Kier molecular flexibility index (Phi) is 1860. The van der Waals surface area contributed by atoms with Crippen LogP contribution in [-0.2, 0) is 0 Å². The van der Waals surface area contributed by atoms with Crippen molar-refractivity contribution in [3.8, 4) is 0 Å². The fourth-order valence-corrected chi connectivity index (χ4v) is 0. The molecule has 0 aliphatic heterocycles. The molecule has 5 heteroatoms. The average molecular weight is 108 g/mol. The average Bonchev–Trinajstić information content (AvgIpc) is 0. The molecule has 0 unspecified atom stereocenters. The predicted molar refractivity (Wildman–Crippen MR) is 13.5 cm³/mol. The molecule has 0 fully saturated rings. The van der Waals surface area contributed by atoms with Crippen LogP contribution in [0.5, 0.6) is 0 Å². The van der Waals surface area contributed by atoms with Crippen LogP contribution >= 0.6 is 0 Å². The summed E-state index contributed by atoms with van der Waals surface area (Å²) in [5.41, 5.74) is 0. The molecule has 0 aromatic heterocycles. The minimum atomic E-state index is 0. The van der Waals surface area contributed by atoms with E-state index < -0.39 is 0 Å². The Balaban J connectivity index is 0. The first-order chi connectivity index (χ1) is 0. The molecule has 0 heterocycles. The van der Waals surface area contributed by atoms with E-state index in [2.05, 4.69) is 0 Å².